The topological polar surface area (TPSA) is 36.1 Å². The van der Waals surface area contributed by atoms with Crippen molar-refractivity contribution < 1.29 is 8.83 Å². The van der Waals surface area contributed by atoms with Gasteiger partial charge in [-0.3, -0.25) is 0 Å². The molecule has 11 aromatic rings. The highest BCUT2D eigenvalue weighted by atomic mass is 16.3. The Balaban J connectivity index is 1.08. The van der Waals surface area contributed by atoms with E-state index in [9.17, 15) is 0 Å². The van der Waals surface area contributed by atoms with E-state index < -0.39 is 0 Å². The van der Waals surface area contributed by atoms with Crippen LogP contribution in [-0.2, 0) is 0 Å². The van der Waals surface area contributed by atoms with Gasteiger partial charge in [-0.2, -0.15) is 0 Å². The summed E-state index contributed by atoms with van der Waals surface area (Å²) in [5.41, 5.74) is 11.9. The molecule has 1 atom stereocenters. The van der Waals surface area contributed by atoms with Gasteiger partial charge in [-0.25, -0.2) is 0 Å². The molecule has 4 heterocycles. The van der Waals surface area contributed by atoms with E-state index in [1.54, 1.807) is 0 Å². The molecule has 0 amide bonds. The summed E-state index contributed by atoms with van der Waals surface area (Å²) in [4.78, 5) is 0. The fourth-order valence-electron chi connectivity index (χ4n) is 9.07. The third kappa shape index (κ3) is 3.70. The van der Waals surface area contributed by atoms with Crippen molar-refractivity contribution in [3.05, 3.63) is 169 Å². The number of benzene rings is 7. The Morgan fingerprint density at radius 3 is 1.73 bits per heavy atom. The molecule has 0 fully saturated rings. The molecule has 12 rings (SSSR count). The summed E-state index contributed by atoms with van der Waals surface area (Å²) in [5.74, 6) is 0. The Morgan fingerprint density at radius 2 is 1.00 bits per heavy atom. The van der Waals surface area contributed by atoms with E-state index in [0.29, 0.717) is 0 Å². The highest BCUT2D eigenvalue weighted by molar-refractivity contribution is 6.22. The number of nitrogens with zero attached hydrogens (tertiary/aromatic N) is 2. The first kappa shape index (κ1) is 28.0. The van der Waals surface area contributed by atoms with Gasteiger partial charge in [0, 0.05) is 54.2 Å². The van der Waals surface area contributed by atoms with Crippen molar-refractivity contribution in [3.8, 4) is 5.69 Å². The van der Waals surface area contributed by atoms with Gasteiger partial charge in [-0.15, -0.1) is 0 Å². The summed E-state index contributed by atoms with van der Waals surface area (Å²) in [7, 11) is 0. The fourth-order valence-corrected chi connectivity index (χ4v) is 9.07. The van der Waals surface area contributed by atoms with E-state index in [1.807, 2.05) is 12.1 Å². The molecule has 1 aliphatic carbocycles. The zero-order valence-corrected chi connectivity index (χ0v) is 28.1. The average Bonchev–Trinajstić information content (AvgIpc) is 3.95. The van der Waals surface area contributed by atoms with Crippen LogP contribution in [-0.4, -0.2) is 9.13 Å². The highest BCUT2D eigenvalue weighted by Gasteiger charge is 2.26. The molecule has 52 heavy (non-hydrogen) atoms. The largest absolute Gasteiger partial charge is 0.454 e. The Bertz CT molecular complexity index is 3340. The zero-order chi connectivity index (χ0) is 33.9. The van der Waals surface area contributed by atoms with E-state index in [-0.39, 0.29) is 6.04 Å². The Hall–Kier alpha value is -6.78. The average molecular weight is 667 g/mol. The molecule has 0 N–H and O–H groups in total. The van der Waals surface area contributed by atoms with Gasteiger partial charge < -0.3 is 18.0 Å². The molecule has 244 valence electrons. The normalized spacial score (nSPS) is 15.1. The second-order valence-corrected chi connectivity index (χ2v) is 14.0. The number of para-hydroxylation sites is 5. The molecule has 4 heteroatoms. The third-order valence-electron chi connectivity index (χ3n) is 11.3. The minimum absolute atomic E-state index is 0.0782. The van der Waals surface area contributed by atoms with E-state index in [4.69, 9.17) is 8.83 Å². The van der Waals surface area contributed by atoms with Gasteiger partial charge in [0.1, 0.15) is 11.2 Å². The lowest BCUT2D eigenvalue weighted by Gasteiger charge is -2.24. The Labute approximate surface area is 297 Å². The van der Waals surface area contributed by atoms with Crippen LogP contribution < -0.4 is 0 Å². The predicted octanol–water partition coefficient (Wildman–Crippen LogP) is 13.3. The van der Waals surface area contributed by atoms with E-state index >= 15 is 0 Å². The number of furan rings is 2. The van der Waals surface area contributed by atoms with Crippen LogP contribution in [0.4, 0.5) is 0 Å². The molecule has 0 spiro atoms. The lowest BCUT2D eigenvalue weighted by molar-refractivity contribution is 0.640. The van der Waals surface area contributed by atoms with Crippen LogP contribution in [0.25, 0.3) is 98.7 Å². The van der Waals surface area contributed by atoms with Crippen molar-refractivity contribution >= 4 is 93.1 Å². The van der Waals surface area contributed by atoms with Crippen molar-refractivity contribution in [2.45, 2.75) is 12.5 Å². The van der Waals surface area contributed by atoms with Gasteiger partial charge in [0.05, 0.1) is 28.3 Å². The van der Waals surface area contributed by atoms with Gasteiger partial charge in [0.25, 0.3) is 0 Å². The molecule has 7 aromatic carbocycles. The molecular formula is C48H30N2O2. The molecule has 0 bridgehead atoms. The van der Waals surface area contributed by atoms with Crippen molar-refractivity contribution in [1.29, 1.82) is 0 Å². The summed E-state index contributed by atoms with van der Waals surface area (Å²) < 4.78 is 18.3. The summed E-state index contributed by atoms with van der Waals surface area (Å²) in [6.07, 6.45) is 7.71. The Morgan fingerprint density at radius 1 is 0.462 bits per heavy atom. The zero-order valence-electron chi connectivity index (χ0n) is 28.1. The maximum atomic E-state index is 6.69. The van der Waals surface area contributed by atoms with E-state index in [2.05, 4.69) is 161 Å². The van der Waals surface area contributed by atoms with Crippen LogP contribution in [0.3, 0.4) is 0 Å². The van der Waals surface area contributed by atoms with Gasteiger partial charge in [0.2, 0.25) is 0 Å². The fraction of sp³-hybridized carbons (Fsp3) is 0.0417. The first-order chi connectivity index (χ1) is 25.8. The molecular weight excluding hydrogens is 637 g/mol. The summed E-state index contributed by atoms with van der Waals surface area (Å²) in [6.45, 7) is 0. The van der Waals surface area contributed by atoms with E-state index in [1.165, 1.54) is 38.2 Å². The monoisotopic (exact) mass is 666 g/mol. The standard InChI is InChI=1S/C48H30N2O2/c1-6-19-40(50-42-21-8-3-16-33(42)37-25-27-39-35-18-5-10-23-44(35)52-48(39)46(37)50)31(14-1)29-12-11-13-30(28-29)49-41-20-7-2-15-32(41)36-24-26-38-34-17-4-9-22-43(34)51-47(38)45(36)49/h1-27,30H,28H2. The molecule has 0 saturated carbocycles. The maximum absolute atomic E-state index is 6.69. The van der Waals surface area contributed by atoms with Crippen LogP contribution >= 0.6 is 0 Å². The minimum Gasteiger partial charge on any atom is -0.454 e. The van der Waals surface area contributed by atoms with Crippen LogP contribution in [0.5, 0.6) is 0 Å². The van der Waals surface area contributed by atoms with Gasteiger partial charge >= 0.3 is 0 Å². The van der Waals surface area contributed by atoms with Gasteiger partial charge in [0.15, 0.2) is 11.2 Å². The Kier molecular flexibility index (Phi) is 5.58. The molecule has 0 radical (unpaired) electrons. The maximum Gasteiger partial charge on any atom is 0.160 e. The SMILES string of the molecule is C1=CC(n2c3ccccc3c3ccc4c5ccccc5oc4c32)CC(c2ccccc2-n2c3ccccc3c3ccc4c5ccccc5oc4c32)=C1. The van der Waals surface area contributed by atoms with E-state index in [0.717, 1.165) is 72.5 Å². The molecule has 4 aromatic heterocycles. The van der Waals surface area contributed by atoms with Crippen LogP contribution in [0.1, 0.15) is 18.0 Å². The first-order valence-corrected chi connectivity index (χ1v) is 18.0. The number of fused-ring (bicyclic) bond motifs is 14. The number of allylic oxidation sites excluding steroid dienone is 4. The van der Waals surface area contributed by atoms with Crippen molar-refractivity contribution in [1.82, 2.24) is 9.13 Å². The van der Waals surface area contributed by atoms with Crippen molar-refractivity contribution in [3.63, 3.8) is 0 Å². The van der Waals surface area contributed by atoms with Crippen LogP contribution in [0, 0.1) is 0 Å². The quantitative estimate of drug-likeness (QED) is 0.188. The first-order valence-electron chi connectivity index (χ1n) is 18.0. The third-order valence-corrected chi connectivity index (χ3v) is 11.3. The smallest absolute Gasteiger partial charge is 0.160 e. The molecule has 1 aliphatic rings. The lowest BCUT2D eigenvalue weighted by atomic mass is 9.92. The van der Waals surface area contributed by atoms with Gasteiger partial charge in [-0.05, 0) is 54.5 Å². The van der Waals surface area contributed by atoms with Gasteiger partial charge in [-0.1, -0.05) is 121 Å². The molecule has 4 nitrogen and oxygen atoms in total. The number of hydrogen-bond donors (Lipinski definition) is 0. The molecule has 1 unspecified atom stereocenters. The van der Waals surface area contributed by atoms with Crippen LogP contribution in [0.15, 0.2) is 173 Å². The molecule has 0 aliphatic heterocycles. The number of rotatable bonds is 3. The number of aromatic nitrogens is 2. The molecule has 0 saturated heterocycles. The summed E-state index contributed by atoms with van der Waals surface area (Å²) >= 11 is 0. The lowest BCUT2D eigenvalue weighted by Crippen LogP contribution is -2.10. The highest BCUT2D eigenvalue weighted by Crippen LogP contribution is 2.45. The predicted molar refractivity (Wildman–Crippen MR) is 216 cm³/mol. The van der Waals surface area contributed by atoms with Crippen molar-refractivity contribution in [2.24, 2.45) is 0 Å². The second-order valence-electron chi connectivity index (χ2n) is 14.0. The summed E-state index contributed by atoms with van der Waals surface area (Å²) in [6, 6.07) is 52.1. The number of hydrogen-bond acceptors (Lipinski definition) is 2. The van der Waals surface area contributed by atoms with Crippen LogP contribution in [0.2, 0.25) is 0 Å². The summed E-state index contributed by atoms with van der Waals surface area (Å²) in [5, 5.41) is 9.42. The van der Waals surface area contributed by atoms with Crippen molar-refractivity contribution in [2.75, 3.05) is 0 Å². The minimum atomic E-state index is 0.0782. The second kappa shape index (κ2) is 10.4.